The fourth-order valence-corrected chi connectivity index (χ4v) is 6.20. The first-order valence-corrected chi connectivity index (χ1v) is 19.6. The van der Waals surface area contributed by atoms with E-state index in [1.807, 2.05) is 0 Å². The number of allylic oxidation sites excluding steroid dienone is 2. The Labute approximate surface area is 296 Å². The van der Waals surface area contributed by atoms with Crippen LogP contribution >= 0.6 is 0 Å². The van der Waals surface area contributed by atoms with Crippen LogP contribution in [0.5, 0.6) is 0 Å². The van der Waals surface area contributed by atoms with Crippen molar-refractivity contribution >= 4 is 5.91 Å². The van der Waals surface area contributed by atoms with Gasteiger partial charge in [-0.2, -0.15) is 0 Å². The number of rotatable bonds is 31. The lowest BCUT2D eigenvalue weighted by atomic mass is 9.98. The number of unbranched alkanes of at least 4 members (excludes halogenated alkanes) is 17. The molecule has 0 aromatic rings. The SMILES string of the molecule is CCCCCC/C=C/CCCC(O)C(O)C(COC1OC(CO)C(O)C(O)C1O)NC(=O)C(O)CCCCCCCCCCCCCCC. The molecule has 1 aliphatic heterocycles. The van der Waals surface area contributed by atoms with Gasteiger partial charge >= 0.3 is 0 Å². The maximum atomic E-state index is 13.0. The molecule has 1 heterocycles. The Hall–Kier alpha value is -1.15. The molecule has 0 radical (unpaired) electrons. The fraction of sp³-hybridized carbons (Fsp3) is 0.921. The second-order valence-electron chi connectivity index (χ2n) is 14.0. The lowest BCUT2D eigenvalue weighted by Crippen LogP contribution is -2.60. The highest BCUT2D eigenvalue weighted by molar-refractivity contribution is 5.80. The van der Waals surface area contributed by atoms with Crippen molar-refractivity contribution < 1.29 is 50.0 Å². The van der Waals surface area contributed by atoms with Crippen molar-refractivity contribution in [2.45, 2.75) is 210 Å². The summed E-state index contributed by atoms with van der Waals surface area (Å²) in [5, 5.41) is 75.0. The van der Waals surface area contributed by atoms with Gasteiger partial charge in [0.15, 0.2) is 6.29 Å². The highest BCUT2D eigenvalue weighted by Crippen LogP contribution is 2.23. The number of nitrogens with one attached hydrogen (secondary N) is 1. The molecule has 1 fully saturated rings. The van der Waals surface area contributed by atoms with Crippen molar-refractivity contribution in [2.24, 2.45) is 0 Å². The minimum atomic E-state index is -1.66. The second-order valence-corrected chi connectivity index (χ2v) is 14.0. The predicted octanol–water partition coefficient (Wildman–Crippen LogP) is 4.55. The van der Waals surface area contributed by atoms with E-state index in [9.17, 15) is 40.5 Å². The Bertz CT molecular complexity index is 815. The standard InChI is InChI=1S/C38H73NO10/c1-3-5-7-9-11-13-14-15-16-18-20-22-24-26-31(42)37(47)39-29(28-48-38-36(46)35(45)34(44)32(27-40)49-38)33(43)30(41)25-23-21-19-17-12-10-8-6-4-2/h17,19,29-36,38,40-46H,3-16,18,20-28H2,1-2H3,(H,39,47)/b19-17+. The molecule has 1 aliphatic rings. The van der Waals surface area contributed by atoms with Gasteiger partial charge in [0.05, 0.1) is 25.4 Å². The van der Waals surface area contributed by atoms with Gasteiger partial charge in [-0.25, -0.2) is 0 Å². The summed E-state index contributed by atoms with van der Waals surface area (Å²) in [5.41, 5.74) is 0. The van der Waals surface area contributed by atoms with E-state index in [-0.39, 0.29) is 12.8 Å². The van der Waals surface area contributed by atoms with Gasteiger partial charge in [-0.1, -0.05) is 129 Å². The second kappa shape index (κ2) is 29.4. The third-order valence-electron chi connectivity index (χ3n) is 9.57. The van der Waals surface area contributed by atoms with Gasteiger partial charge in [0.2, 0.25) is 5.91 Å². The van der Waals surface area contributed by atoms with E-state index in [1.54, 1.807) is 0 Å². The number of carbonyl (C=O) groups is 1. The molecule has 1 rings (SSSR count). The first-order valence-electron chi connectivity index (χ1n) is 19.6. The number of amides is 1. The summed E-state index contributed by atoms with van der Waals surface area (Å²) in [6.45, 7) is 3.34. The van der Waals surface area contributed by atoms with Crippen molar-refractivity contribution in [3.05, 3.63) is 12.2 Å². The van der Waals surface area contributed by atoms with Crippen molar-refractivity contribution in [2.75, 3.05) is 13.2 Å². The summed E-state index contributed by atoms with van der Waals surface area (Å²) in [5.74, 6) is -0.710. The summed E-state index contributed by atoms with van der Waals surface area (Å²) >= 11 is 0. The van der Waals surface area contributed by atoms with E-state index in [1.165, 1.54) is 77.0 Å². The van der Waals surface area contributed by atoms with Crippen LogP contribution in [0.25, 0.3) is 0 Å². The molecular weight excluding hydrogens is 630 g/mol. The summed E-state index contributed by atoms with van der Waals surface area (Å²) in [7, 11) is 0. The monoisotopic (exact) mass is 704 g/mol. The smallest absolute Gasteiger partial charge is 0.249 e. The molecule has 9 atom stereocenters. The average Bonchev–Trinajstić information content (AvgIpc) is 3.10. The molecule has 1 amide bonds. The van der Waals surface area contributed by atoms with E-state index < -0.39 is 74.2 Å². The Kier molecular flexibility index (Phi) is 27.6. The average molecular weight is 704 g/mol. The van der Waals surface area contributed by atoms with Crippen LogP contribution in [0.2, 0.25) is 0 Å². The van der Waals surface area contributed by atoms with Crippen LogP contribution in [0.3, 0.4) is 0 Å². The van der Waals surface area contributed by atoms with Crippen molar-refractivity contribution in [1.29, 1.82) is 0 Å². The summed E-state index contributed by atoms with van der Waals surface area (Å²) in [4.78, 5) is 13.0. The molecule has 0 aromatic heterocycles. The molecular formula is C38H73NO10. The van der Waals surface area contributed by atoms with Crippen LogP contribution in [0.15, 0.2) is 12.2 Å². The Morgan fingerprint density at radius 3 is 1.76 bits per heavy atom. The van der Waals surface area contributed by atoms with Gasteiger partial charge in [0.25, 0.3) is 0 Å². The van der Waals surface area contributed by atoms with Gasteiger partial charge in [-0.3, -0.25) is 4.79 Å². The highest BCUT2D eigenvalue weighted by Gasteiger charge is 2.44. The van der Waals surface area contributed by atoms with Gasteiger partial charge < -0.3 is 50.5 Å². The third-order valence-corrected chi connectivity index (χ3v) is 9.57. The molecule has 0 aromatic carbocycles. The summed E-state index contributed by atoms with van der Waals surface area (Å²) < 4.78 is 11.0. The highest BCUT2D eigenvalue weighted by atomic mass is 16.7. The molecule has 0 aliphatic carbocycles. The number of hydrogen-bond donors (Lipinski definition) is 8. The van der Waals surface area contributed by atoms with Crippen LogP contribution in [-0.2, 0) is 14.3 Å². The zero-order valence-corrected chi connectivity index (χ0v) is 30.7. The van der Waals surface area contributed by atoms with E-state index in [0.717, 1.165) is 38.5 Å². The maximum Gasteiger partial charge on any atom is 0.249 e. The molecule has 49 heavy (non-hydrogen) atoms. The predicted molar refractivity (Wildman–Crippen MR) is 192 cm³/mol. The zero-order chi connectivity index (χ0) is 36.3. The zero-order valence-electron chi connectivity index (χ0n) is 30.7. The Morgan fingerprint density at radius 2 is 1.20 bits per heavy atom. The van der Waals surface area contributed by atoms with E-state index in [0.29, 0.717) is 12.8 Å². The lowest BCUT2D eigenvalue weighted by molar-refractivity contribution is -0.303. The first kappa shape index (κ1) is 45.9. The number of carbonyl (C=O) groups excluding carboxylic acids is 1. The third kappa shape index (κ3) is 20.5. The summed E-state index contributed by atoms with van der Waals surface area (Å²) in [6, 6.07) is -1.18. The number of aliphatic hydroxyl groups is 7. The molecule has 0 spiro atoms. The largest absolute Gasteiger partial charge is 0.394 e. The molecule has 0 saturated carbocycles. The molecule has 1 saturated heterocycles. The van der Waals surface area contributed by atoms with Crippen molar-refractivity contribution in [3.8, 4) is 0 Å². The van der Waals surface area contributed by atoms with E-state index in [2.05, 4.69) is 31.3 Å². The van der Waals surface area contributed by atoms with Crippen LogP contribution in [0.4, 0.5) is 0 Å². The van der Waals surface area contributed by atoms with Crippen molar-refractivity contribution in [1.82, 2.24) is 5.32 Å². The minimum absolute atomic E-state index is 0.257. The van der Waals surface area contributed by atoms with Crippen LogP contribution in [0, 0.1) is 0 Å². The molecule has 8 N–H and O–H groups in total. The maximum absolute atomic E-state index is 13.0. The van der Waals surface area contributed by atoms with E-state index in [4.69, 9.17) is 9.47 Å². The first-order chi connectivity index (χ1) is 23.7. The van der Waals surface area contributed by atoms with Crippen LogP contribution in [0.1, 0.15) is 155 Å². The molecule has 9 unspecified atom stereocenters. The van der Waals surface area contributed by atoms with E-state index >= 15 is 0 Å². The lowest BCUT2D eigenvalue weighted by Gasteiger charge is -2.40. The number of aliphatic hydroxyl groups excluding tert-OH is 7. The quantitative estimate of drug-likeness (QED) is 0.0376. The molecule has 0 bridgehead atoms. The van der Waals surface area contributed by atoms with Crippen molar-refractivity contribution in [3.63, 3.8) is 0 Å². The minimum Gasteiger partial charge on any atom is -0.394 e. The summed E-state index contributed by atoms with van der Waals surface area (Å²) in [6.07, 6.45) is 15.7. The Balaban J connectivity index is 2.57. The normalized spacial score (nSPS) is 23.8. The number of hydrogen-bond acceptors (Lipinski definition) is 10. The van der Waals surface area contributed by atoms with Gasteiger partial charge in [0.1, 0.15) is 36.6 Å². The van der Waals surface area contributed by atoms with Gasteiger partial charge in [0, 0.05) is 0 Å². The molecule has 11 nitrogen and oxygen atoms in total. The van der Waals surface area contributed by atoms with Crippen LogP contribution in [-0.4, -0.2) is 110 Å². The van der Waals surface area contributed by atoms with Crippen LogP contribution < -0.4 is 5.32 Å². The van der Waals surface area contributed by atoms with Gasteiger partial charge in [-0.05, 0) is 38.5 Å². The number of ether oxygens (including phenoxy) is 2. The fourth-order valence-electron chi connectivity index (χ4n) is 6.20. The Morgan fingerprint density at radius 1 is 0.694 bits per heavy atom. The topological polar surface area (TPSA) is 189 Å². The van der Waals surface area contributed by atoms with Gasteiger partial charge in [-0.15, -0.1) is 0 Å². The molecule has 11 heteroatoms. The molecule has 290 valence electrons.